The van der Waals surface area contributed by atoms with Crippen molar-refractivity contribution in [2.24, 2.45) is 4.99 Å². The van der Waals surface area contributed by atoms with E-state index in [1.54, 1.807) is 7.05 Å². The highest BCUT2D eigenvalue weighted by Gasteiger charge is 2.12. The molecule has 2 N–H and O–H groups in total. The third kappa shape index (κ3) is 9.98. The van der Waals surface area contributed by atoms with Gasteiger partial charge in [-0.1, -0.05) is 5.16 Å². The SMILES string of the molecule is CN=C(NCCCc1nc(C)no1)NCCCN(C(C)C)C(C)C.I. The van der Waals surface area contributed by atoms with Gasteiger partial charge >= 0.3 is 0 Å². The van der Waals surface area contributed by atoms with Crippen LogP contribution in [0.2, 0.25) is 0 Å². The molecule has 0 radical (unpaired) electrons. The average molecular weight is 466 g/mol. The lowest BCUT2D eigenvalue weighted by molar-refractivity contribution is 0.173. The summed E-state index contributed by atoms with van der Waals surface area (Å²) in [5, 5.41) is 10.5. The summed E-state index contributed by atoms with van der Waals surface area (Å²) in [5.74, 6) is 2.23. The number of nitrogens with zero attached hydrogens (tertiary/aromatic N) is 4. The molecule has 0 saturated heterocycles. The van der Waals surface area contributed by atoms with Crippen LogP contribution in [0.25, 0.3) is 0 Å². The molecule has 8 heteroatoms. The summed E-state index contributed by atoms with van der Waals surface area (Å²) in [4.78, 5) is 11.0. The van der Waals surface area contributed by atoms with E-state index in [4.69, 9.17) is 4.52 Å². The highest BCUT2D eigenvalue weighted by atomic mass is 127. The van der Waals surface area contributed by atoms with Gasteiger partial charge in [-0.05, 0) is 47.5 Å². The monoisotopic (exact) mass is 466 g/mol. The minimum Gasteiger partial charge on any atom is -0.356 e. The first-order valence-corrected chi connectivity index (χ1v) is 8.93. The molecule has 7 nitrogen and oxygen atoms in total. The van der Waals surface area contributed by atoms with Crippen LogP contribution in [0.4, 0.5) is 0 Å². The van der Waals surface area contributed by atoms with Gasteiger partial charge in [0, 0.05) is 45.2 Å². The fourth-order valence-electron chi connectivity index (χ4n) is 2.69. The second-order valence-electron chi connectivity index (χ2n) is 6.54. The maximum Gasteiger partial charge on any atom is 0.226 e. The molecule has 146 valence electrons. The van der Waals surface area contributed by atoms with Gasteiger partial charge in [0.25, 0.3) is 0 Å². The van der Waals surface area contributed by atoms with E-state index in [9.17, 15) is 0 Å². The number of hydrogen-bond acceptors (Lipinski definition) is 5. The van der Waals surface area contributed by atoms with Gasteiger partial charge in [-0.25, -0.2) is 0 Å². The average Bonchev–Trinajstić information content (AvgIpc) is 2.93. The zero-order valence-electron chi connectivity index (χ0n) is 16.5. The summed E-state index contributed by atoms with van der Waals surface area (Å²) >= 11 is 0. The third-order valence-corrected chi connectivity index (χ3v) is 3.87. The summed E-state index contributed by atoms with van der Waals surface area (Å²) in [7, 11) is 1.80. The van der Waals surface area contributed by atoms with Crippen LogP contribution in [-0.4, -0.2) is 59.8 Å². The Bertz CT molecular complexity index is 481. The van der Waals surface area contributed by atoms with Crippen LogP contribution >= 0.6 is 24.0 Å². The molecular formula is C17H35IN6O. The van der Waals surface area contributed by atoms with Crippen molar-refractivity contribution in [1.29, 1.82) is 0 Å². The lowest BCUT2D eigenvalue weighted by Crippen LogP contribution is -2.41. The minimum atomic E-state index is 0. The molecule has 0 unspecified atom stereocenters. The topological polar surface area (TPSA) is 78.6 Å². The largest absolute Gasteiger partial charge is 0.356 e. The maximum absolute atomic E-state index is 5.10. The molecule has 0 aliphatic rings. The van der Waals surface area contributed by atoms with Crippen LogP contribution in [0, 0.1) is 6.92 Å². The van der Waals surface area contributed by atoms with E-state index in [2.05, 4.69) is 58.4 Å². The van der Waals surface area contributed by atoms with E-state index in [1.807, 2.05) is 6.92 Å². The molecule has 0 bridgehead atoms. The first-order valence-electron chi connectivity index (χ1n) is 8.93. The highest BCUT2D eigenvalue weighted by molar-refractivity contribution is 14.0. The molecule has 0 spiro atoms. The maximum atomic E-state index is 5.10. The molecule has 1 aromatic rings. The van der Waals surface area contributed by atoms with Crippen molar-refractivity contribution < 1.29 is 4.52 Å². The quantitative estimate of drug-likeness (QED) is 0.239. The van der Waals surface area contributed by atoms with E-state index in [-0.39, 0.29) is 24.0 Å². The first-order chi connectivity index (χ1) is 11.4. The summed E-state index contributed by atoms with van der Waals surface area (Å²) in [6.45, 7) is 13.7. The fraction of sp³-hybridized carbons (Fsp3) is 0.824. The summed E-state index contributed by atoms with van der Waals surface area (Å²) in [6, 6.07) is 1.16. The number of rotatable bonds is 10. The molecule has 1 heterocycles. The van der Waals surface area contributed by atoms with Crippen molar-refractivity contribution in [3.63, 3.8) is 0 Å². The molecule has 0 atom stereocenters. The molecule has 0 fully saturated rings. The molecule has 0 aliphatic carbocycles. The van der Waals surface area contributed by atoms with Crippen LogP contribution in [0.5, 0.6) is 0 Å². The summed E-state index contributed by atoms with van der Waals surface area (Å²) < 4.78 is 5.10. The Morgan fingerprint density at radius 3 is 2.20 bits per heavy atom. The van der Waals surface area contributed by atoms with Crippen LogP contribution < -0.4 is 10.6 Å². The van der Waals surface area contributed by atoms with Crippen molar-refractivity contribution in [1.82, 2.24) is 25.7 Å². The van der Waals surface area contributed by atoms with E-state index in [0.29, 0.717) is 23.8 Å². The van der Waals surface area contributed by atoms with Gasteiger partial charge in [0.05, 0.1) is 0 Å². The van der Waals surface area contributed by atoms with Gasteiger partial charge in [-0.2, -0.15) is 4.98 Å². The van der Waals surface area contributed by atoms with Crippen molar-refractivity contribution in [2.45, 2.75) is 66.0 Å². The zero-order chi connectivity index (χ0) is 17.9. The number of hydrogen-bond donors (Lipinski definition) is 2. The Morgan fingerprint density at radius 1 is 1.12 bits per heavy atom. The molecular weight excluding hydrogens is 431 g/mol. The fourth-order valence-corrected chi connectivity index (χ4v) is 2.69. The van der Waals surface area contributed by atoms with Crippen LogP contribution in [0.3, 0.4) is 0 Å². The number of aryl methyl sites for hydroxylation is 2. The number of nitrogens with one attached hydrogen (secondary N) is 2. The smallest absolute Gasteiger partial charge is 0.226 e. The number of aliphatic imine (C=N–C) groups is 1. The van der Waals surface area contributed by atoms with Gasteiger partial charge in [-0.15, -0.1) is 24.0 Å². The van der Waals surface area contributed by atoms with E-state index in [1.165, 1.54) is 0 Å². The molecule has 0 saturated carbocycles. The van der Waals surface area contributed by atoms with E-state index < -0.39 is 0 Å². The van der Waals surface area contributed by atoms with Gasteiger partial charge in [0.1, 0.15) is 0 Å². The predicted molar refractivity (Wildman–Crippen MR) is 114 cm³/mol. The van der Waals surface area contributed by atoms with Crippen molar-refractivity contribution >= 4 is 29.9 Å². The summed E-state index contributed by atoms with van der Waals surface area (Å²) in [5.41, 5.74) is 0. The first kappa shape index (κ1) is 24.1. The zero-order valence-corrected chi connectivity index (χ0v) is 18.8. The van der Waals surface area contributed by atoms with Gasteiger partial charge in [-0.3, -0.25) is 9.89 Å². The molecule has 1 aromatic heterocycles. The Balaban J connectivity index is 0.00000576. The molecule has 0 aromatic carbocycles. The number of halogens is 1. The summed E-state index contributed by atoms with van der Waals surface area (Å²) in [6.07, 6.45) is 2.80. The number of guanidine groups is 1. The van der Waals surface area contributed by atoms with Crippen molar-refractivity contribution in [2.75, 3.05) is 26.7 Å². The molecule has 1 rings (SSSR count). The van der Waals surface area contributed by atoms with E-state index >= 15 is 0 Å². The molecule has 0 amide bonds. The Kier molecular flexibility index (Phi) is 12.8. The van der Waals surface area contributed by atoms with Gasteiger partial charge in [0.2, 0.25) is 5.89 Å². The highest BCUT2D eigenvalue weighted by Crippen LogP contribution is 2.05. The lowest BCUT2D eigenvalue weighted by atomic mass is 10.2. The van der Waals surface area contributed by atoms with Crippen LogP contribution in [-0.2, 0) is 6.42 Å². The molecule has 0 aliphatic heterocycles. The number of aromatic nitrogens is 2. The third-order valence-electron chi connectivity index (χ3n) is 3.87. The second kappa shape index (κ2) is 13.3. The van der Waals surface area contributed by atoms with Crippen LogP contribution in [0.1, 0.15) is 52.3 Å². The van der Waals surface area contributed by atoms with Gasteiger partial charge in [0.15, 0.2) is 11.8 Å². The Labute approximate surface area is 169 Å². The van der Waals surface area contributed by atoms with Gasteiger partial charge < -0.3 is 15.2 Å². The Morgan fingerprint density at radius 2 is 1.72 bits per heavy atom. The van der Waals surface area contributed by atoms with Crippen molar-refractivity contribution in [3.8, 4) is 0 Å². The normalized spacial score (nSPS) is 12.0. The minimum absolute atomic E-state index is 0. The van der Waals surface area contributed by atoms with Crippen molar-refractivity contribution in [3.05, 3.63) is 11.7 Å². The molecule has 25 heavy (non-hydrogen) atoms. The van der Waals surface area contributed by atoms with E-state index in [0.717, 1.165) is 44.9 Å². The predicted octanol–water partition coefficient (Wildman–Crippen LogP) is 2.60. The standard InChI is InChI=1S/C17H34N6O.HI/c1-13(2)23(14(3)4)12-8-11-20-17(18-6)19-10-7-9-16-21-15(5)22-24-16;/h13-14H,7-12H2,1-6H3,(H2,18,19,20);1H. The Hall–Kier alpha value is -0.900. The lowest BCUT2D eigenvalue weighted by Gasteiger charge is -2.30. The second-order valence-corrected chi connectivity index (χ2v) is 6.54. The van der Waals surface area contributed by atoms with Crippen LogP contribution in [0.15, 0.2) is 9.52 Å².